The summed E-state index contributed by atoms with van der Waals surface area (Å²) in [7, 11) is 3.40. The predicted molar refractivity (Wildman–Crippen MR) is 86.2 cm³/mol. The number of methoxy groups -OCH3 is 2. The van der Waals surface area contributed by atoms with Crippen LogP contribution in [0.2, 0.25) is 0 Å². The minimum Gasteiger partial charge on any atom is -0.497 e. The third kappa shape index (κ3) is 3.56. The lowest BCUT2D eigenvalue weighted by Crippen LogP contribution is -2.22. The van der Waals surface area contributed by atoms with Gasteiger partial charge in [0.2, 0.25) is 0 Å². The highest BCUT2D eigenvalue weighted by atomic mass is 16.5. The summed E-state index contributed by atoms with van der Waals surface area (Å²) in [6.07, 6.45) is 0. The Bertz CT molecular complexity index is 596. The zero-order valence-corrected chi connectivity index (χ0v) is 13.1. The van der Waals surface area contributed by atoms with Gasteiger partial charge in [-0.1, -0.05) is 31.2 Å². The predicted octanol–water partition coefficient (Wildman–Crippen LogP) is 3.71. The van der Waals surface area contributed by atoms with E-state index >= 15 is 0 Å². The van der Waals surface area contributed by atoms with Crippen LogP contribution in [0.4, 0.5) is 0 Å². The van der Waals surface area contributed by atoms with Crippen molar-refractivity contribution in [1.82, 2.24) is 5.32 Å². The van der Waals surface area contributed by atoms with E-state index in [0.29, 0.717) is 0 Å². The minimum absolute atomic E-state index is 0.125. The van der Waals surface area contributed by atoms with Gasteiger partial charge in [-0.3, -0.25) is 0 Å². The Morgan fingerprint density at radius 3 is 2.43 bits per heavy atom. The zero-order chi connectivity index (χ0) is 15.2. The van der Waals surface area contributed by atoms with Gasteiger partial charge in [0.1, 0.15) is 11.5 Å². The first-order chi connectivity index (χ1) is 10.2. The van der Waals surface area contributed by atoms with E-state index in [1.165, 1.54) is 11.1 Å². The molecule has 0 saturated heterocycles. The number of benzene rings is 2. The smallest absolute Gasteiger partial charge is 0.122 e. The van der Waals surface area contributed by atoms with E-state index in [4.69, 9.17) is 9.47 Å². The monoisotopic (exact) mass is 285 g/mol. The molecule has 0 aliphatic heterocycles. The highest BCUT2D eigenvalue weighted by molar-refractivity contribution is 5.42. The van der Waals surface area contributed by atoms with Crippen molar-refractivity contribution in [1.29, 1.82) is 0 Å². The fourth-order valence-corrected chi connectivity index (χ4v) is 2.47. The molecule has 0 aliphatic carbocycles. The normalized spacial score (nSPS) is 12.0. The van der Waals surface area contributed by atoms with E-state index in [-0.39, 0.29) is 6.04 Å². The van der Waals surface area contributed by atoms with Gasteiger partial charge < -0.3 is 14.8 Å². The van der Waals surface area contributed by atoms with E-state index in [1.54, 1.807) is 14.2 Å². The molecule has 0 aromatic heterocycles. The van der Waals surface area contributed by atoms with Crippen LogP contribution in [0.15, 0.2) is 42.5 Å². The van der Waals surface area contributed by atoms with Gasteiger partial charge in [0.15, 0.2) is 0 Å². The maximum Gasteiger partial charge on any atom is 0.122 e. The summed E-state index contributed by atoms with van der Waals surface area (Å²) in [4.78, 5) is 0. The molecule has 112 valence electrons. The number of hydrogen-bond donors (Lipinski definition) is 1. The number of aryl methyl sites for hydroxylation is 1. The average molecular weight is 285 g/mol. The summed E-state index contributed by atoms with van der Waals surface area (Å²) in [5, 5.41) is 3.53. The van der Waals surface area contributed by atoms with Crippen LogP contribution in [-0.4, -0.2) is 20.8 Å². The Balaban J connectivity index is 2.42. The Labute approximate surface area is 126 Å². The Hall–Kier alpha value is -2.00. The van der Waals surface area contributed by atoms with Crippen LogP contribution < -0.4 is 14.8 Å². The topological polar surface area (TPSA) is 30.5 Å². The first-order valence-electron chi connectivity index (χ1n) is 7.21. The van der Waals surface area contributed by atoms with Crippen molar-refractivity contribution >= 4 is 0 Å². The van der Waals surface area contributed by atoms with Crippen LogP contribution in [0.25, 0.3) is 0 Å². The summed E-state index contributed by atoms with van der Waals surface area (Å²) < 4.78 is 10.8. The highest BCUT2D eigenvalue weighted by Crippen LogP contribution is 2.29. The zero-order valence-electron chi connectivity index (χ0n) is 13.1. The average Bonchev–Trinajstić information content (AvgIpc) is 2.53. The molecular weight excluding hydrogens is 262 g/mol. The fourth-order valence-electron chi connectivity index (χ4n) is 2.47. The standard InChI is InChI=1S/C18H23NO2/c1-5-19-18(14-7-6-8-16(11-14)20-3)15-10-9-13(2)17(12-15)21-4/h6-12,18-19H,5H2,1-4H3. The molecule has 0 spiro atoms. The molecule has 0 fully saturated rings. The quantitative estimate of drug-likeness (QED) is 0.877. The molecule has 1 atom stereocenters. The molecule has 1 N–H and O–H groups in total. The molecule has 0 aliphatic rings. The lowest BCUT2D eigenvalue weighted by molar-refractivity contribution is 0.410. The lowest BCUT2D eigenvalue weighted by Gasteiger charge is -2.20. The van der Waals surface area contributed by atoms with Gasteiger partial charge in [-0.05, 0) is 48.4 Å². The second-order valence-corrected chi connectivity index (χ2v) is 5.00. The van der Waals surface area contributed by atoms with Crippen molar-refractivity contribution in [2.24, 2.45) is 0 Å². The van der Waals surface area contributed by atoms with E-state index in [2.05, 4.69) is 49.5 Å². The Kier molecular flexibility index (Phi) is 5.23. The van der Waals surface area contributed by atoms with Gasteiger partial charge in [-0.15, -0.1) is 0 Å². The van der Waals surface area contributed by atoms with Crippen molar-refractivity contribution in [3.63, 3.8) is 0 Å². The van der Waals surface area contributed by atoms with Crippen molar-refractivity contribution in [2.45, 2.75) is 19.9 Å². The molecule has 2 aromatic rings. The maximum atomic E-state index is 5.44. The molecule has 0 radical (unpaired) electrons. The summed E-state index contributed by atoms with van der Waals surface area (Å²) in [6.45, 7) is 5.05. The number of hydrogen-bond acceptors (Lipinski definition) is 3. The molecular formula is C18H23NO2. The van der Waals surface area contributed by atoms with Crippen LogP contribution in [0.1, 0.15) is 29.7 Å². The number of ether oxygens (including phenoxy) is 2. The van der Waals surface area contributed by atoms with E-state index in [9.17, 15) is 0 Å². The van der Waals surface area contributed by atoms with Gasteiger partial charge in [-0.2, -0.15) is 0 Å². The molecule has 2 aromatic carbocycles. The van der Waals surface area contributed by atoms with Gasteiger partial charge >= 0.3 is 0 Å². The molecule has 3 nitrogen and oxygen atoms in total. The van der Waals surface area contributed by atoms with Crippen molar-refractivity contribution in [3.05, 3.63) is 59.2 Å². The largest absolute Gasteiger partial charge is 0.497 e. The molecule has 1 unspecified atom stereocenters. The number of nitrogens with one attached hydrogen (secondary N) is 1. The van der Waals surface area contributed by atoms with Gasteiger partial charge in [0.05, 0.1) is 20.3 Å². The van der Waals surface area contributed by atoms with Gasteiger partial charge in [-0.25, -0.2) is 0 Å². The second kappa shape index (κ2) is 7.14. The Morgan fingerprint density at radius 2 is 1.76 bits per heavy atom. The minimum atomic E-state index is 0.125. The summed E-state index contributed by atoms with van der Waals surface area (Å²) in [5.74, 6) is 1.78. The molecule has 21 heavy (non-hydrogen) atoms. The summed E-state index contributed by atoms with van der Waals surface area (Å²) in [6, 6.07) is 14.6. The van der Waals surface area contributed by atoms with E-state index < -0.39 is 0 Å². The first kappa shape index (κ1) is 15.4. The van der Waals surface area contributed by atoms with Crippen molar-refractivity contribution in [2.75, 3.05) is 20.8 Å². The lowest BCUT2D eigenvalue weighted by atomic mass is 9.97. The van der Waals surface area contributed by atoms with Gasteiger partial charge in [0.25, 0.3) is 0 Å². The van der Waals surface area contributed by atoms with Gasteiger partial charge in [0, 0.05) is 0 Å². The third-order valence-corrected chi connectivity index (χ3v) is 3.60. The van der Waals surface area contributed by atoms with E-state index in [1.807, 2.05) is 12.1 Å². The SMILES string of the molecule is CCNC(c1cccc(OC)c1)c1ccc(C)c(OC)c1. The van der Waals surface area contributed by atoms with Crippen LogP contribution in [0, 0.1) is 6.92 Å². The van der Waals surface area contributed by atoms with Crippen LogP contribution in [0.3, 0.4) is 0 Å². The maximum absolute atomic E-state index is 5.44. The van der Waals surface area contributed by atoms with E-state index in [0.717, 1.165) is 23.6 Å². The van der Waals surface area contributed by atoms with Crippen LogP contribution >= 0.6 is 0 Å². The first-order valence-corrected chi connectivity index (χ1v) is 7.21. The summed E-state index contributed by atoms with van der Waals surface area (Å²) in [5.41, 5.74) is 3.51. The van der Waals surface area contributed by atoms with Crippen molar-refractivity contribution in [3.8, 4) is 11.5 Å². The second-order valence-electron chi connectivity index (χ2n) is 5.00. The molecule has 0 heterocycles. The van der Waals surface area contributed by atoms with Crippen LogP contribution in [-0.2, 0) is 0 Å². The molecule has 0 bridgehead atoms. The third-order valence-electron chi connectivity index (χ3n) is 3.60. The fraction of sp³-hybridized carbons (Fsp3) is 0.333. The van der Waals surface area contributed by atoms with Crippen molar-refractivity contribution < 1.29 is 9.47 Å². The molecule has 2 rings (SSSR count). The number of rotatable bonds is 6. The molecule has 0 amide bonds. The molecule has 0 saturated carbocycles. The Morgan fingerprint density at radius 1 is 1.00 bits per heavy atom. The molecule has 3 heteroatoms. The highest BCUT2D eigenvalue weighted by Gasteiger charge is 2.15. The summed E-state index contributed by atoms with van der Waals surface area (Å²) >= 11 is 0. The van der Waals surface area contributed by atoms with Crippen LogP contribution in [0.5, 0.6) is 11.5 Å².